The van der Waals surface area contributed by atoms with Crippen LogP contribution in [0.25, 0.3) is 43.1 Å². The molecule has 11 aromatic rings. The van der Waals surface area contributed by atoms with E-state index in [0.717, 1.165) is 45.4 Å². The lowest BCUT2D eigenvalue weighted by Crippen LogP contribution is -2.53. The maximum absolute atomic E-state index is 16.3. The molecule has 4 amide bonds. The van der Waals surface area contributed by atoms with Gasteiger partial charge in [-0.1, -0.05) is 164 Å². The van der Waals surface area contributed by atoms with E-state index in [1.807, 2.05) is 132 Å². The summed E-state index contributed by atoms with van der Waals surface area (Å²) in [5.41, 5.74) is 0.902. The van der Waals surface area contributed by atoms with Gasteiger partial charge >= 0.3 is 30.1 Å². The first-order chi connectivity index (χ1) is 52.3. The summed E-state index contributed by atoms with van der Waals surface area (Å²) < 4.78 is 97.2. The summed E-state index contributed by atoms with van der Waals surface area (Å²) in [5.74, 6) is -9.71. The highest BCUT2D eigenvalue weighted by Crippen LogP contribution is 2.59. The molecule has 0 saturated carbocycles. The van der Waals surface area contributed by atoms with Crippen LogP contribution in [-0.4, -0.2) is 75.6 Å². The molecule has 2 unspecified atom stereocenters. The second-order valence-corrected chi connectivity index (χ2v) is 31.5. The molecule has 13 rings (SSSR count). The first kappa shape index (κ1) is 76.5. The molecule has 111 heavy (non-hydrogen) atoms. The molecule has 2 aliphatic rings. The van der Waals surface area contributed by atoms with Crippen LogP contribution in [0.2, 0.25) is 0 Å². The number of imide groups is 2. The standard InChI is InChI=1S/C90H79F3N2O16/c1-16-64(84(102)110-58-23-19-21-56(41-58)108-70(96)17-2)94-80(98)60-43-66(104-52-33-25-48(26-34-52)86(4,5)6)74-76-68(106-54-37-29-50(30-38-54)88(10,11)12)45-62-73-63(83(101)95(82(62)100)65(47-90(91,92)93)85(103)111-59-24-20-22-57(42-59)109-71(97)18-3)46-69(107-55-39-31-51(32-40-55)89(13,14)15)77(79(73)76)75-67(44-61(81(94)99)72(60)78(74)75)105-53-35-27-49(28-36-53)87(7,8)9/h17-46,64-65H,2-3,16,47H2,1,4-15H3. The number of benzene rings is 11. The number of carbonyl (C=O) groups is 8. The van der Waals surface area contributed by atoms with Gasteiger partial charge in [0, 0.05) is 67.4 Å². The number of carbonyl (C=O) groups excluding carboxylic acids is 8. The van der Waals surface area contributed by atoms with Crippen LogP contribution in [0.5, 0.6) is 69.0 Å². The molecule has 2 heterocycles. The van der Waals surface area contributed by atoms with Gasteiger partial charge in [-0.15, -0.1) is 0 Å². The van der Waals surface area contributed by atoms with Gasteiger partial charge in [0.15, 0.2) is 0 Å². The summed E-state index contributed by atoms with van der Waals surface area (Å²) in [7, 11) is 0. The molecule has 0 fully saturated rings. The Kier molecular flexibility index (Phi) is 19.8. The normalized spacial score (nSPS) is 13.8. The molecule has 0 bridgehead atoms. The maximum Gasteiger partial charge on any atom is 0.391 e. The van der Waals surface area contributed by atoms with Gasteiger partial charge in [-0.2, -0.15) is 13.2 Å². The smallest absolute Gasteiger partial charge is 0.391 e. The maximum atomic E-state index is 16.3. The van der Waals surface area contributed by atoms with E-state index in [1.54, 1.807) is 55.5 Å². The van der Waals surface area contributed by atoms with Crippen molar-refractivity contribution in [2.24, 2.45) is 0 Å². The topological polar surface area (TPSA) is 217 Å². The predicted octanol–water partition coefficient (Wildman–Crippen LogP) is 20.8. The highest BCUT2D eigenvalue weighted by atomic mass is 19.4. The van der Waals surface area contributed by atoms with E-state index in [-0.39, 0.29) is 150 Å². The highest BCUT2D eigenvalue weighted by Gasteiger charge is 2.50. The molecule has 0 spiro atoms. The van der Waals surface area contributed by atoms with Crippen LogP contribution in [0.15, 0.2) is 195 Å². The molecule has 0 N–H and O–H groups in total. The zero-order chi connectivity index (χ0) is 79.9. The van der Waals surface area contributed by atoms with Gasteiger partial charge in [0.2, 0.25) is 0 Å². The second-order valence-electron chi connectivity index (χ2n) is 31.5. The lowest BCUT2D eigenvalue weighted by Gasteiger charge is -2.35. The lowest BCUT2D eigenvalue weighted by atomic mass is 9.80. The van der Waals surface area contributed by atoms with Gasteiger partial charge in [0.05, 0.1) is 28.7 Å². The summed E-state index contributed by atoms with van der Waals surface area (Å²) >= 11 is 0. The number of hydrogen-bond acceptors (Lipinski definition) is 16. The largest absolute Gasteiger partial charge is 0.457 e. The number of fused-ring (bicyclic) bond motifs is 2. The Morgan fingerprint density at radius 2 is 0.604 bits per heavy atom. The van der Waals surface area contributed by atoms with Gasteiger partial charge in [0.25, 0.3) is 23.6 Å². The average Bonchev–Trinajstić information content (AvgIpc) is 0.670. The van der Waals surface area contributed by atoms with E-state index in [1.165, 1.54) is 66.7 Å². The fourth-order valence-electron chi connectivity index (χ4n) is 13.9. The highest BCUT2D eigenvalue weighted by molar-refractivity contribution is 6.45. The van der Waals surface area contributed by atoms with Gasteiger partial charge in [-0.25, -0.2) is 19.2 Å². The van der Waals surface area contributed by atoms with Crippen LogP contribution in [0.1, 0.15) is 167 Å². The van der Waals surface area contributed by atoms with Crippen LogP contribution in [0.4, 0.5) is 13.2 Å². The van der Waals surface area contributed by atoms with Crippen LogP contribution >= 0.6 is 0 Å². The molecular weight excluding hydrogens is 1420 g/mol. The van der Waals surface area contributed by atoms with Crippen LogP contribution in [-0.2, 0) is 40.8 Å². The summed E-state index contributed by atoms with van der Waals surface area (Å²) in [6, 6.07) is 39.9. The molecule has 11 aromatic carbocycles. The minimum atomic E-state index is -5.26. The van der Waals surface area contributed by atoms with Crippen molar-refractivity contribution < 1.29 is 89.4 Å². The van der Waals surface area contributed by atoms with Crippen molar-refractivity contribution in [1.82, 2.24) is 9.80 Å². The van der Waals surface area contributed by atoms with E-state index in [2.05, 4.69) is 13.2 Å². The lowest BCUT2D eigenvalue weighted by molar-refractivity contribution is -0.160. The number of ether oxygens (including phenoxy) is 8. The Hall–Kier alpha value is -12.7. The van der Waals surface area contributed by atoms with E-state index in [9.17, 15) is 19.2 Å². The Labute approximate surface area is 638 Å². The number of amides is 4. The first-order valence-corrected chi connectivity index (χ1v) is 36.0. The molecular formula is C90H79F3N2O16. The van der Waals surface area contributed by atoms with Crippen LogP contribution < -0.4 is 37.9 Å². The molecule has 21 heteroatoms. The Balaban J connectivity index is 1.17. The summed E-state index contributed by atoms with van der Waals surface area (Å²) in [5, 5.41) is 0.191. The number of nitrogens with zero attached hydrogens (tertiary/aromatic N) is 2. The van der Waals surface area contributed by atoms with Gasteiger partial charge < -0.3 is 37.9 Å². The monoisotopic (exact) mass is 1500 g/mol. The third kappa shape index (κ3) is 15.1. The number of hydrogen-bond donors (Lipinski definition) is 0. The Bertz CT molecular complexity index is 5430. The molecule has 566 valence electrons. The van der Waals surface area contributed by atoms with E-state index in [0.29, 0.717) is 0 Å². The number of esters is 4. The first-order valence-electron chi connectivity index (χ1n) is 36.0. The zero-order valence-corrected chi connectivity index (χ0v) is 63.4. The number of halogens is 3. The Morgan fingerprint density at radius 1 is 0.351 bits per heavy atom. The quantitative estimate of drug-likeness (QED) is 0.0173. The molecule has 0 saturated heterocycles. The summed E-state index contributed by atoms with van der Waals surface area (Å²) in [6.07, 6.45) is -5.74. The minimum absolute atomic E-state index is 0.00146. The van der Waals surface area contributed by atoms with E-state index in [4.69, 9.17) is 37.9 Å². The molecule has 2 atom stereocenters. The van der Waals surface area contributed by atoms with Crippen molar-refractivity contribution >= 4 is 90.6 Å². The average molecular weight is 1500 g/mol. The van der Waals surface area contributed by atoms with Crippen molar-refractivity contribution in [3.8, 4) is 69.0 Å². The summed E-state index contributed by atoms with van der Waals surface area (Å²) in [6.45, 7) is 32.7. The zero-order valence-electron chi connectivity index (χ0n) is 63.4. The molecule has 0 aliphatic carbocycles. The second kappa shape index (κ2) is 28.7. The third-order valence-corrected chi connectivity index (χ3v) is 19.6. The van der Waals surface area contributed by atoms with Crippen molar-refractivity contribution in [2.45, 2.75) is 143 Å². The molecule has 0 radical (unpaired) electrons. The SMILES string of the molecule is C=CC(=O)Oc1cccc(OC(=O)C(CC)N2C(=O)c3cc(Oc4ccc(C(C)(C)C)cc4)c4c5c(Oc6ccc(C(C)(C)C)cc6)cc6c7c(cc(Oc8ccc(C(C)(C)C)cc8)c(c8c(Oc9ccc(C(C)(C)C)cc9)cc(c3c48)C2=O)c75)C(=O)N(C(CC(F)(F)F)C(=O)Oc2cccc(OC(=O)C=C)c2)C6=O)c1. The van der Waals surface area contributed by atoms with E-state index < -0.39 is 89.1 Å². The number of alkyl halides is 3. The number of rotatable bonds is 20. The van der Waals surface area contributed by atoms with Crippen molar-refractivity contribution in [3.05, 3.63) is 240 Å². The van der Waals surface area contributed by atoms with Gasteiger partial charge in [-0.3, -0.25) is 29.0 Å². The predicted molar refractivity (Wildman–Crippen MR) is 414 cm³/mol. The Morgan fingerprint density at radius 3 is 0.847 bits per heavy atom. The van der Waals surface area contributed by atoms with E-state index >= 15 is 32.3 Å². The van der Waals surface area contributed by atoms with Gasteiger partial charge in [0.1, 0.15) is 81.1 Å². The van der Waals surface area contributed by atoms with Crippen LogP contribution in [0, 0.1) is 0 Å². The third-order valence-electron chi connectivity index (χ3n) is 19.6. The fourth-order valence-corrected chi connectivity index (χ4v) is 13.9. The fraction of sp³-hybridized carbons (Fsp3) is 0.244. The minimum Gasteiger partial charge on any atom is -0.457 e. The van der Waals surface area contributed by atoms with Gasteiger partial charge in [-0.05, 0) is 147 Å². The van der Waals surface area contributed by atoms with Crippen molar-refractivity contribution in [1.29, 1.82) is 0 Å². The molecule has 0 aromatic heterocycles. The van der Waals surface area contributed by atoms with Crippen molar-refractivity contribution in [3.63, 3.8) is 0 Å². The molecule has 18 nitrogen and oxygen atoms in total. The molecule has 2 aliphatic heterocycles. The van der Waals surface area contributed by atoms with Crippen LogP contribution in [0.3, 0.4) is 0 Å². The van der Waals surface area contributed by atoms with Crippen molar-refractivity contribution in [2.75, 3.05) is 0 Å². The summed E-state index contributed by atoms with van der Waals surface area (Å²) in [4.78, 5) is 120.